The van der Waals surface area contributed by atoms with Crippen molar-refractivity contribution in [2.45, 2.75) is 90.3 Å². The van der Waals surface area contributed by atoms with Crippen molar-refractivity contribution in [3.05, 3.63) is 41.0 Å². The van der Waals surface area contributed by atoms with E-state index in [0.717, 1.165) is 12.2 Å². The summed E-state index contributed by atoms with van der Waals surface area (Å²) in [6.45, 7) is 16.3. The summed E-state index contributed by atoms with van der Waals surface area (Å²) in [5.41, 5.74) is 5.11. The Morgan fingerprint density at radius 2 is 1.71 bits per heavy atom. The van der Waals surface area contributed by atoms with Crippen LogP contribution >= 0.6 is 0 Å². The second-order valence-corrected chi connectivity index (χ2v) is 20.3. The van der Waals surface area contributed by atoms with Gasteiger partial charge >= 0.3 is 0 Å². The molecule has 1 aromatic carbocycles. The average Bonchev–Trinajstić information content (AvgIpc) is 2.88. The van der Waals surface area contributed by atoms with E-state index in [0.29, 0.717) is 23.4 Å². The van der Waals surface area contributed by atoms with Crippen molar-refractivity contribution >= 4 is 16.6 Å². The minimum Gasteiger partial charge on any atom is -0.544 e. The van der Waals surface area contributed by atoms with Crippen LogP contribution < -0.4 is 4.43 Å². The Morgan fingerprint density at radius 1 is 0.964 bits per heavy atom. The zero-order valence-electron chi connectivity index (χ0n) is 18.9. The predicted molar refractivity (Wildman–Crippen MR) is 123 cm³/mol. The van der Waals surface area contributed by atoms with Gasteiger partial charge in [-0.25, -0.2) is 0 Å². The van der Waals surface area contributed by atoms with E-state index in [9.17, 15) is 0 Å². The van der Waals surface area contributed by atoms with Crippen LogP contribution in [0.2, 0.25) is 39.3 Å². The Kier molecular flexibility index (Phi) is 5.00. The van der Waals surface area contributed by atoms with Gasteiger partial charge in [-0.1, -0.05) is 24.6 Å². The Hall–Kier alpha value is -0.846. The maximum absolute atomic E-state index is 6.68. The van der Waals surface area contributed by atoms with Gasteiger partial charge in [0.05, 0.1) is 6.10 Å². The highest BCUT2D eigenvalue weighted by atomic mass is 28.4. The lowest BCUT2D eigenvalue weighted by molar-refractivity contribution is 0.0396. The molecule has 2 saturated carbocycles. The molecule has 3 aliphatic carbocycles. The number of hydrogen-bond donors (Lipinski definition) is 0. The van der Waals surface area contributed by atoms with Gasteiger partial charge in [0.25, 0.3) is 0 Å². The molecule has 28 heavy (non-hydrogen) atoms. The van der Waals surface area contributed by atoms with Crippen molar-refractivity contribution in [3.63, 3.8) is 0 Å². The smallest absolute Gasteiger partial charge is 0.242 e. The van der Waals surface area contributed by atoms with Gasteiger partial charge in [0.2, 0.25) is 8.32 Å². The number of hydrogen-bond acceptors (Lipinski definition) is 2. The molecule has 0 radical (unpaired) electrons. The van der Waals surface area contributed by atoms with E-state index in [4.69, 9.17) is 8.85 Å². The maximum atomic E-state index is 6.68. The summed E-state index contributed by atoms with van der Waals surface area (Å²) in [6, 6.07) is 6.91. The average molecular weight is 415 g/mol. The number of allylic oxidation sites excluding steroid dienone is 2. The molecule has 3 aliphatic rings. The van der Waals surface area contributed by atoms with E-state index in [1.165, 1.54) is 31.2 Å². The van der Waals surface area contributed by atoms with E-state index in [1.54, 1.807) is 11.1 Å². The molecule has 4 atom stereocenters. The lowest BCUT2D eigenvalue weighted by atomic mass is 9.59. The van der Waals surface area contributed by atoms with Gasteiger partial charge in [0, 0.05) is 5.92 Å². The van der Waals surface area contributed by atoms with Crippen molar-refractivity contribution in [3.8, 4) is 5.75 Å². The van der Waals surface area contributed by atoms with E-state index in [2.05, 4.69) is 70.5 Å². The van der Waals surface area contributed by atoms with E-state index >= 15 is 0 Å². The van der Waals surface area contributed by atoms with Crippen LogP contribution in [-0.2, 0) is 10.8 Å². The summed E-state index contributed by atoms with van der Waals surface area (Å²) in [7, 11) is -3.06. The largest absolute Gasteiger partial charge is 0.544 e. The molecule has 1 aromatic rings. The van der Waals surface area contributed by atoms with Gasteiger partial charge < -0.3 is 8.85 Å². The van der Waals surface area contributed by atoms with E-state index < -0.39 is 16.6 Å². The van der Waals surface area contributed by atoms with E-state index in [-0.39, 0.29) is 0 Å². The molecule has 0 aliphatic heterocycles. The standard InChI is InChI=1S/C24H38O2Si2/c1-24-15-14-20-19-11-9-18(25-27(2,3)4)16-17(19)8-10-21(20)22(24)12-13-23(24)26-28(5,6)7/h9-11,16,20,22-23H,8,12-15H2,1-7H3/t20-,22+,23-,24+/m1/s1. The lowest BCUT2D eigenvalue weighted by Crippen LogP contribution is -2.44. The minimum atomic E-state index is -1.56. The Morgan fingerprint density at radius 3 is 2.39 bits per heavy atom. The molecular weight excluding hydrogens is 376 g/mol. The van der Waals surface area contributed by atoms with E-state index in [1.807, 2.05) is 0 Å². The van der Waals surface area contributed by atoms with Gasteiger partial charge in [0.15, 0.2) is 8.32 Å². The zero-order chi connectivity index (χ0) is 20.3. The fourth-order valence-electron chi connectivity index (χ4n) is 5.93. The first-order valence-electron chi connectivity index (χ1n) is 11.2. The highest BCUT2D eigenvalue weighted by Gasteiger charge is 2.53. The number of rotatable bonds is 4. The van der Waals surface area contributed by atoms with Crippen LogP contribution in [0.5, 0.6) is 5.75 Å². The molecule has 0 bridgehead atoms. The quantitative estimate of drug-likeness (QED) is 0.394. The van der Waals surface area contributed by atoms with Crippen molar-refractivity contribution in [2.75, 3.05) is 0 Å². The highest BCUT2D eigenvalue weighted by molar-refractivity contribution is 6.70. The normalized spacial score (nSPS) is 32.2. The third-order valence-electron chi connectivity index (χ3n) is 6.99. The second kappa shape index (κ2) is 6.85. The van der Waals surface area contributed by atoms with Gasteiger partial charge in [-0.05, 0) is 106 Å². The third-order valence-corrected chi connectivity index (χ3v) is 8.83. The Labute approximate surface area is 174 Å². The highest BCUT2D eigenvalue weighted by Crippen LogP contribution is 2.60. The summed E-state index contributed by atoms with van der Waals surface area (Å²) in [5, 5.41) is 0. The van der Waals surface area contributed by atoms with Crippen LogP contribution in [0.1, 0.15) is 49.7 Å². The Balaban J connectivity index is 1.58. The first-order chi connectivity index (χ1) is 13.0. The van der Waals surface area contributed by atoms with Crippen molar-refractivity contribution in [2.24, 2.45) is 11.3 Å². The zero-order valence-corrected chi connectivity index (χ0v) is 20.9. The molecule has 4 rings (SSSR count). The molecule has 0 unspecified atom stereocenters. The van der Waals surface area contributed by atoms with Crippen LogP contribution in [0.4, 0.5) is 0 Å². The first-order valence-corrected chi connectivity index (χ1v) is 18.0. The number of fused-ring (bicyclic) bond motifs is 5. The van der Waals surface area contributed by atoms with Crippen molar-refractivity contribution < 1.29 is 8.85 Å². The second-order valence-electron chi connectivity index (χ2n) is 11.4. The molecule has 0 heterocycles. The summed E-state index contributed by atoms with van der Waals surface area (Å²) in [6.07, 6.45) is 9.21. The molecule has 0 aromatic heterocycles. The molecule has 0 spiro atoms. The molecule has 0 saturated heterocycles. The topological polar surface area (TPSA) is 18.5 Å². The lowest BCUT2D eigenvalue weighted by Gasteiger charge is -2.48. The summed E-state index contributed by atoms with van der Waals surface area (Å²) >= 11 is 0. The molecule has 154 valence electrons. The van der Waals surface area contributed by atoms with Crippen LogP contribution in [0.15, 0.2) is 29.8 Å². The number of benzene rings is 1. The molecule has 2 nitrogen and oxygen atoms in total. The summed E-state index contributed by atoms with van der Waals surface area (Å²) in [5.74, 6) is 2.40. The van der Waals surface area contributed by atoms with Crippen molar-refractivity contribution in [1.82, 2.24) is 0 Å². The van der Waals surface area contributed by atoms with Gasteiger partial charge in [-0.3, -0.25) is 0 Å². The Bertz CT molecular complexity index is 787. The van der Waals surface area contributed by atoms with Gasteiger partial charge in [-0.15, -0.1) is 0 Å². The SMILES string of the molecule is C[C@]12CC[C@H]3C(=CCc4cc(O[Si](C)(C)C)ccc43)[C@@H]1CC[C@H]2O[Si](C)(C)C. The van der Waals surface area contributed by atoms with Gasteiger partial charge in [0.1, 0.15) is 5.75 Å². The third kappa shape index (κ3) is 3.80. The summed E-state index contributed by atoms with van der Waals surface area (Å²) in [4.78, 5) is 0. The summed E-state index contributed by atoms with van der Waals surface area (Å²) < 4.78 is 12.9. The minimum absolute atomic E-state index is 0.334. The van der Waals surface area contributed by atoms with Crippen LogP contribution in [0.3, 0.4) is 0 Å². The van der Waals surface area contributed by atoms with Crippen LogP contribution in [0, 0.1) is 11.3 Å². The maximum Gasteiger partial charge on any atom is 0.242 e. The van der Waals surface area contributed by atoms with Gasteiger partial charge in [-0.2, -0.15) is 0 Å². The molecule has 0 amide bonds. The first kappa shape index (κ1) is 20.4. The monoisotopic (exact) mass is 414 g/mol. The molecule has 0 N–H and O–H groups in total. The molecular formula is C24H38O2Si2. The van der Waals surface area contributed by atoms with Crippen molar-refractivity contribution in [1.29, 1.82) is 0 Å². The molecule has 4 heteroatoms. The van der Waals surface area contributed by atoms with Crippen LogP contribution in [0.25, 0.3) is 0 Å². The fourth-order valence-corrected chi connectivity index (χ4v) is 8.01. The van der Waals surface area contributed by atoms with Crippen LogP contribution in [-0.4, -0.2) is 22.7 Å². The fraction of sp³-hybridized carbons (Fsp3) is 0.667. The predicted octanol–water partition coefficient (Wildman–Crippen LogP) is 6.90. The molecule has 2 fully saturated rings.